The highest BCUT2D eigenvalue weighted by molar-refractivity contribution is 7.47. The zero-order chi connectivity index (χ0) is 58.5. The minimum atomic E-state index is -4.94. The van der Waals surface area contributed by atoms with Gasteiger partial charge in [-0.25, -0.2) is 9.13 Å². The van der Waals surface area contributed by atoms with Gasteiger partial charge in [-0.2, -0.15) is 0 Å². The Morgan fingerprint density at radius 3 is 0.899 bits per heavy atom. The summed E-state index contributed by atoms with van der Waals surface area (Å²) in [7, 11) is -9.86. The Morgan fingerprint density at radius 1 is 0.354 bits per heavy atom. The molecule has 0 aliphatic carbocycles. The lowest BCUT2D eigenvalue weighted by Crippen LogP contribution is -2.30. The van der Waals surface area contributed by atoms with Crippen LogP contribution in [0.15, 0.2) is 0 Å². The van der Waals surface area contributed by atoms with Crippen LogP contribution >= 0.6 is 15.6 Å². The first kappa shape index (κ1) is 77.1. The van der Waals surface area contributed by atoms with Crippen LogP contribution in [-0.2, 0) is 65.4 Å². The third-order valence-corrected chi connectivity index (χ3v) is 16.0. The topological polar surface area (TPSA) is 237 Å². The monoisotopic (exact) mass is 1170 g/mol. The van der Waals surface area contributed by atoms with Gasteiger partial charge >= 0.3 is 39.5 Å². The number of aliphatic hydroxyl groups is 1. The Kier molecular flexibility index (Phi) is 52.7. The molecule has 0 rings (SSSR count). The number of carbonyl (C=O) groups is 4. The maximum atomic E-state index is 12.9. The van der Waals surface area contributed by atoms with Gasteiger partial charge in [0.1, 0.15) is 19.3 Å². The third kappa shape index (κ3) is 53.8. The van der Waals surface area contributed by atoms with Crippen molar-refractivity contribution in [3.05, 3.63) is 0 Å². The van der Waals surface area contributed by atoms with Gasteiger partial charge in [-0.1, -0.05) is 247 Å². The van der Waals surface area contributed by atoms with Gasteiger partial charge in [0.05, 0.1) is 26.4 Å². The number of unbranched alkanes of at least 4 members (excludes halogenated alkanes) is 31. The highest BCUT2D eigenvalue weighted by atomic mass is 31.2. The third-order valence-electron chi connectivity index (χ3n) is 14.1. The smallest absolute Gasteiger partial charge is 0.462 e. The largest absolute Gasteiger partial charge is 0.472 e. The molecule has 0 spiro atoms. The molecule has 0 aromatic carbocycles. The van der Waals surface area contributed by atoms with E-state index in [0.717, 1.165) is 102 Å². The van der Waals surface area contributed by atoms with Crippen molar-refractivity contribution in [2.45, 2.75) is 316 Å². The first-order valence-corrected chi connectivity index (χ1v) is 34.7. The van der Waals surface area contributed by atoms with Crippen molar-refractivity contribution in [3.8, 4) is 0 Å². The molecule has 0 saturated heterocycles. The highest BCUT2D eigenvalue weighted by Gasteiger charge is 2.30. The van der Waals surface area contributed by atoms with Crippen LogP contribution in [-0.4, -0.2) is 96.7 Å². The van der Waals surface area contributed by atoms with Gasteiger partial charge in [0.25, 0.3) is 0 Å². The number of ether oxygens (including phenoxy) is 4. The van der Waals surface area contributed by atoms with Crippen molar-refractivity contribution in [1.82, 2.24) is 0 Å². The molecule has 3 unspecified atom stereocenters. The van der Waals surface area contributed by atoms with E-state index in [1.165, 1.54) is 116 Å². The maximum absolute atomic E-state index is 12.9. The number of rotatable bonds is 60. The van der Waals surface area contributed by atoms with Gasteiger partial charge in [-0.05, 0) is 31.6 Å². The fraction of sp³-hybridized carbons (Fsp3) is 0.933. The molecular weight excluding hydrogens is 1050 g/mol. The molecule has 0 aromatic rings. The van der Waals surface area contributed by atoms with Gasteiger partial charge in [0.2, 0.25) is 0 Å². The lowest BCUT2D eigenvalue weighted by molar-refractivity contribution is -0.161. The highest BCUT2D eigenvalue weighted by Crippen LogP contribution is 2.45. The molecule has 0 aromatic heterocycles. The molecule has 79 heavy (non-hydrogen) atoms. The summed E-state index contributed by atoms with van der Waals surface area (Å²) >= 11 is 0. The maximum Gasteiger partial charge on any atom is 0.472 e. The van der Waals surface area contributed by atoms with E-state index in [1.807, 2.05) is 0 Å². The van der Waals surface area contributed by atoms with E-state index in [9.17, 15) is 43.2 Å². The standard InChI is InChI=1S/C60H116O17P2/c1-6-10-13-16-17-18-23-27-30-35-39-44-58(63)71-50-56(77-60(65)46-41-36-31-28-25-22-20-19-21-24-26-29-34-37-42-53(5)9-4)52-75-79(68,69)73-48-54(61)47-72-78(66,67)74-51-55(76-59(64)45-40-33-15-12-8-3)49-70-57(62)43-38-32-14-11-7-2/h53-56,61H,6-52H2,1-5H3,(H,66,67)(H,68,69)/t53?,54-,55+,56+/m0/s1. The molecule has 0 radical (unpaired) electrons. The number of phosphoric ester groups is 2. The molecule has 6 atom stereocenters. The predicted molar refractivity (Wildman–Crippen MR) is 312 cm³/mol. The van der Waals surface area contributed by atoms with Crippen molar-refractivity contribution < 1.29 is 80.2 Å². The fourth-order valence-corrected chi connectivity index (χ4v) is 10.4. The summed E-state index contributed by atoms with van der Waals surface area (Å²) in [6, 6.07) is 0. The number of carbonyl (C=O) groups excluding carboxylic acids is 4. The molecule has 0 fully saturated rings. The molecule has 19 heteroatoms. The molecule has 0 heterocycles. The number of hydrogen-bond acceptors (Lipinski definition) is 15. The van der Waals surface area contributed by atoms with Crippen LogP contribution < -0.4 is 0 Å². The lowest BCUT2D eigenvalue weighted by Gasteiger charge is -2.21. The molecule has 0 aliphatic rings. The summed E-state index contributed by atoms with van der Waals surface area (Å²) in [5.41, 5.74) is 0. The molecule has 0 aliphatic heterocycles. The second-order valence-electron chi connectivity index (χ2n) is 22.0. The van der Waals surface area contributed by atoms with Crippen LogP contribution in [0.4, 0.5) is 0 Å². The van der Waals surface area contributed by atoms with Crippen LogP contribution in [0.5, 0.6) is 0 Å². The molecule has 468 valence electrons. The van der Waals surface area contributed by atoms with Crippen molar-refractivity contribution in [2.24, 2.45) is 5.92 Å². The van der Waals surface area contributed by atoms with Gasteiger partial charge in [0, 0.05) is 25.7 Å². The van der Waals surface area contributed by atoms with Crippen LogP contribution in [0, 0.1) is 5.92 Å². The van der Waals surface area contributed by atoms with E-state index >= 15 is 0 Å². The average Bonchev–Trinajstić information content (AvgIpc) is 3.42. The Labute approximate surface area is 479 Å². The van der Waals surface area contributed by atoms with Crippen molar-refractivity contribution in [1.29, 1.82) is 0 Å². The average molecular weight is 1170 g/mol. The zero-order valence-electron chi connectivity index (χ0n) is 50.5. The van der Waals surface area contributed by atoms with E-state index in [-0.39, 0.29) is 25.7 Å². The second kappa shape index (κ2) is 54.0. The van der Waals surface area contributed by atoms with Gasteiger partial charge in [-0.15, -0.1) is 0 Å². The minimum absolute atomic E-state index is 0.0988. The molecule has 17 nitrogen and oxygen atoms in total. The summed E-state index contributed by atoms with van der Waals surface area (Å²) < 4.78 is 67.4. The number of phosphoric acid groups is 2. The quantitative estimate of drug-likeness (QED) is 0.0222. The van der Waals surface area contributed by atoms with Crippen LogP contribution in [0.25, 0.3) is 0 Å². The first-order chi connectivity index (χ1) is 38.1. The summed E-state index contributed by atoms with van der Waals surface area (Å²) in [6.45, 7) is 7.03. The van der Waals surface area contributed by atoms with E-state index in [0.29, 0.717) is 25.7 Å². The summed E-state index contributed by atoms with van der Waals surface area (Å²) in [4.78, 5) is 71.5. The lowest BCUT2D eigenvalue weighted by atomic mass is 9.99. The summed E-state index contributed by atoms with van der Waals surface area (Å²) in [6.07, 6.45) is 36.9. The Bertz CT molecular complexity index is 1550. The van der Waals surface area contributed by atoms with Crippen molar-refractivity contribution in [2.75, 3.05) is 39.6 Å². The van der Waals surface area contributed by atoms with Gasteiger partial charge in [0.15, 0.2) is 12.2 Å². The number of aliphatic hydroxyl groups excluding tert-OH is 1. The molecule has 3 N–H and O–H groups in total. The fourth-order valence-electron chi connectivity index (χ4n) is 8.84. The second-order valence-corrected chi connectivity index (χ2v) is 24.9. The summed E-state index contributed by atoms with van der Waals surface area (Å²) in [5.74, 6) is -1.31. The normalized spacial score (nSPS) is 14.7. The number of hydrogen-bond donors (Lipinski definition) is 3. The molecule has 0 bridgehead atoms. The predicted octanol–water partition coefficient (Wildman–Crippen LogP) is 16.2. The van der Waals surface area contributed by atoms with E-state index in [4.69, 9.17) is 37.0 Å². The summed E-state index contributed by atoms with van der Waals surface area (Å²) in [5, 5.41) is 10.5. The van der Waals surface area contributed by atoms with E-state index in [1.54, 1.807) is 0 Å². The van der Waals surface area contributed by atoms with E-state index in [2.05, 4.69) is 34.6 Å². The zero-order valence-corrected chi connectivity index (χ0v) is 52.3. The Balaban J connectivity index is 5.09. The Hall–Kier alpha value is -1.94. The van der Waals surface area contributed by atoms with Crippen LogP contribution in [0.3, 0.4) is 0 Å². The van der Waals surface area contributed by atoms with Crippen molar-refractivity contribution >= 4 is 39.5 Å². The van der Waals surface area contributed by atoms with E-state index < -0.39 is 97.5 Å². The van der Waals surface area contributed by atoms with Crippen molar-refractivity contribution in [3.63, 3.8) is 0 Å². The SMILES string of the molecule is CCCCCCCCCCCCCC(=O)OC[C@H](COP(=O)(O)OC[C@@H](O)COP(=O)(O)OC[C@@H](COC(=O)CCCCCCC)OC(=O)CCCCCCC)OC(=O)CCCCCCCCCCCCCCCCC(C)CC. The minimum Gasteiger partial charge on any atom is -0.462 e. The molecule has 0 amide bonds. The Morgan fingerprint density at radius 2 is 0.608 bits per heavy atom. The molecule has 0 saturated carbocycles. The first-order valence-electron chi connectivity index (χ1n) is 31.7. The number of esters is 4. The van der Waals surface area contributed by atoms with Crippen LogP contribution in [0.2, 0.25) is 0 Å². The van der Waals surface area contributed by atoms with Gasteiger partial charge < -0.3 is 33.8 Å². The van der Waals surface area contributed by atoms with Gasteiger partial charge in [-0.3, -0.25) is 37.3 Å². The van der Waals surface area contributed by atoms with Crippen LogP contribution in [0.1, 0.15) is 298 Å². The molecular formula is C60H116O17P2.